The summed E-state index contributed by atoms with van der Waals surface area (Å²) in [7, 11) is 0. The Bertz CT molecular complexity index is 7990. The lowest BCUT2D eigenvalue weighted by Crippen LogP contribution is -2.25. The molecule has 0 saturated carbocycles. The second-order valence-electron chi connectivity index (χ2n) is 34.8. The fraction of sp³-hybridized carbons (Fsp3) is 0.0317. The number of hydrogen-bond donors (Lipinski definition) is 0. The van der Waals surface area contributed by atoms with Gasteiger partial charge in [-0.1, -0.05) is 463 Å². The Balaban J connectivity index is 0.000000114. The number of nitrogens with zero attached hydrogens (tertiary/aromatic N) is 8. The minimum absolute atomic E-state index is 0.150. The van der Waals surface area contributed by atoms with E-state index in [0.29, 0.717) is 40.8 Å². The van der Waals surface area contributed by atoms with Gasteiger partial charge in [0.2, 0.25) is 0 Å². The van der Waals surface area contributed by atoms with Crippen molar-refractivity contribution < 1.29 is 0 Å². The van der Waals surface area contributed by atoms with Gasteiger partial charge < -0.3 is 0 Å². The molecule has 22 aromatic rings. The molecule has 1 spiro atoms. The van der Waals surface area contributed by atoms with Crippen molar-refractivity contribution in [2.24, 2.45) is 0 Å². The van der Waals surface area contributed by atoms with Gasteiger partial charge in [-0.2, -0.15) is 0 Å². The Labute approximate surface area is 779 Å². The zero-order valence-corrected chi connectivity index (χ0v) is 73.8. The maximum atomic E-state index is 5.10. The first-order valence-corrected chi connectivity index (χ1v) is 45.6. The summed E-state index contributed by atoms with van der Waals surface area (Å²) in [6.45, 7) is 4.63. The fourth-order valence-electron chi connectivity index (χ4n) is 19.8. The Morgan fingerprint density at radius 3 is 0.881 bits per heavy atom. The first-order chi connectivity index (χ1) is 66.1. The van der Waals surface area contributed by atoms with Crippen molar-refractivity contribution in [1.82, 2.24) is 39.9 Å². The molecule has 0 bridgehead atoms. The summed E-state index contributed by atoms with van der Waals surface area (Å²) in [4.78, 5) is 39.9. The van der Waals surface area contributed by atoms with Gasteiger partial charge in [0.1, 0.15) is 0 Å². The number of hydrogen-bond acceptors (Lipinski definition) is 8. The van der Waals surface area contributed by atoms with Crippen molar-refractivity contribution in [2.45, 2.75) is 24.7 Å². The molecule has 3 aliphatic carbocycles. The highest BCUT2D eigenvalue weighted by Gasteiger charge is 2.51. The molecule has 3 aromatic heterocycles. The lowest BCUT2D eigenvalue weighted by atomic mass is 9.70. The van der Waals surface area contributed by atoms with E-state index in [1.54, 1.807) is 0 Å². The summed E-state index contributed by atoms with van der Waals surface area (Å²) >= 11 is 0. The molecule has 0 N–H and O–H groups in total. The van der Waals surface area contributed by atoms with Crippen LogP contribution >= 0.6 is 0 Å². The maximum Gasteiger partial charge on any atom is 0.164 e. The second-order valence-corrected chi connectivity index (χ2v) is 34.8. The molecule has 0 saturated heterocycles. The number of benzene rings is 19. The molecule has 0 atom stereocenters. The van der Waals surface area contributed by atoms with E-state index >= 15 is 0 Å². The quantitative estimate of drug-likeness (QED) is 0.106. The molecule has 0 fully saturated rings. The zero-order chi connectivity index (χ0) is 89.5. The topological polar surface area (TPSA) is 103 Å². The predicted octanol–water partition coefficient (Wildman–Crippen LogP) is 31.4. The third-order valence-electron chi connectivity index (χ3n) is 26.4. The van der Waals surface area contributed by atoms with E-state index in [1.807, 2.05) is 109 Å². The lowest BCUT2D eigenvalue weighted by molar-refractivity contribution is 0.661. The lowest BCUT2D eigenvalue weighted by Gasteiger charge is -2.30. The van der Waals surface area contributed by atoms with Crippen molar-refractivity contribution >= 4 is 10.8 Å². The van der Waals surface area contributed by atoms with Gasteiger partial charge in [-0.05, 0) is 170 Å². The van der Waals surface area contributed by atoms with Crippen LogP contribution in [0.2, 0.25) is 0 Å². The van der Waals surface area contributed by atoms with Crippen molar-refractivity contribution in [3.63, 3.8) is 0 Å². The third kappa shape index (κ3) is 15.2. The van der Waals surface area contributed by atoms with Crippen LogP contribution < -0.4 is 0 Å². The molecule has 8 nitrogen and oxygen atoms in total. The van der Waals surface area contributed by atoms with Gasteiger partial charge >= 0.3 is 0 Å². The summed E-state index contributed by atoms with van der Waals surface area (Å²) in [6, 6.07) is 171. The highest BCUT2D eigenvalue weighted by molar-refractivity contribution is 5.98. The van der Waals surface area contributed by atoms with E-state index in [4.69, 9.17) is 39.9 Å². The summed E-state index contributed by atoms with van der Waals surface area (Å²) < 4.78 is 0. The Morgan fingerprint density at radius 1 is 0.142 bits per heavy atom. The largest absolute Gasteiger partial charge is 0.228 e. The van der Waals surface area contributed by atoms with Crippen molar-refractivity contribution in [2.75, 3.05) is 0 Å². The van der Waals surface area contributed by atoms with Crippen molar-refractivity contribution in [3.8, 4) is 191 Å². The summed E-state index contributed by atoms with van der Waals surface area (Å²) in [5.41, 5.74) is 38.1. The molecule has 0 radical (unpaired) electrons. The molecule has 19 aromatic carbocycles. The normalized spacial score (nSPS) is 12.4. The fourth-order valence-corrected chi connectivity index (χ4v) is 19.8. The number of fused-ring (bicyclic) bond motifs is 14. The first-order valence-electron chi connectivity index (χ1n) is 45.6. The van der Waals surface area contributed by atoms with Crippen LogP contribution in [0, 0.1) is 0 Å². The van der Waals surface area contributed by atoms with E-state index < -0.39 is 0 Å². The maximum absolute atomic E-state index is 5.10. The summed E-state index contributed by atoms with van der Waals surface area (Å²) in [5, 5.41) is 2.27. The molecular formula is C126H86N8. The Morgan fingerprint density at radius 2 is 0.396 bits per heavy atom. The van der Waals surface area contributed by atoms with Gasteiger partial charge in [0.05, 0.1) is 16.8 Å². The van der Waals surface area contributed by atoms with Gasteiger partial charge in [0, 0.05) is 55.5 Å². The average Bonchev–Trinajstić information content (AvgIpc) is 1.51. The van der Waals surface area contributed by atoms with Gasteiger partial charge in [0.15, 0.2) is 40.8 Å². The molecule has 8 heteroatoms. The summed E-state index contributed by atoms with van der Waals surface area (Å²) in [6.07, 6.45) is 0. The van der Waals surface area contributed by atoms with Crippen LogP contribution in [-0.4, -0.2) is 39.9 Å². The van der Waals surface area contributed by atoms with Crippen molar-refractivity contribution in [3.05, 3.63) is 519 Å². The van der Waals surface area contributed by atoms with E-state index in [1.165, 1.54) is 106 Å². The minimum Gasteiger partial charge on any atom is -0.228 e. The van der Waals surface area contributed by atoms with Crippen LogP contribution in [0.1, 0.15) is 47.2 Å². The van der Waals surface area contributed by atoms with Gasteiger partial charge in [-0.15, -0.1) is 0 Å². The molecule has 630 valence electrons. The van der Waals surface area contributed by atoms with E-state index in [0.717, 1.165) is 88.9 Å². The zero-order valence-electron chi connectivity index (χ0n) is 73.8. The standard InChI is InChI=1S/C47H30N2.C43H29N3.C36H27N3/c1-3-14-31(15-4-1)44-30-45(32-16-5-2-6-17-32)49-46(48-44)35-19-13-18-33(28-35)34-26-27-43-39(29-34)38-22-9-12-25-42(38)47(43)40-23-10-7-20-36(40)37-21-8-11-24-41(37)47;1-3-11-30(12-4-1)31-21-23-32(24-22-31)37-17-9-18-38(29-37)33-25-27-36(28-26-33)42-44-41(35-14-5-2-6-15-35)45-43(46-42)40-20-10-16-34-13-7-8-19-39(34)40;1-36(2)31-22-27(24-12-6-3-7-13-24)18-20-29(31)30-21-19-28(23-32(30)36)35-38-33(25-14-8-4-9-15-25)37-34(39-35)26-16-10-5-11-17-26/h1-30H;1-29H;3-23H,1-2H3. The second kappa shape index (κ2) is 34.9. The number of rotatable bonds is 14. The van der Waals surface area contributed by atoms with Crippen LogP contribution in [-0.2, 0) is 10.8 Å². The molecule has 134 heavy (non-hydrogen) atoms. The minimum atomic E-state index is -0.334. The molecule has 0 aliphatic heterocycles. The molecular weight excluding hydrogens is 1630 g/mol. The molecule has 0 unspecified atom stereocenters. The van der Waals surface area contributed by atoms with E-state index in [9.17, 15) is 0 Å². The first kappa shape index (κ1) is 81.1. The molecule has 3 aliphatic rings. The molecule has 25 rings (SSSR count). The highest BCUT2D eigenvalue weighted by Crippen LogP contribution is 2.63. The summed E-state index contributed by atoms with van der Waals surface area (Å²) in [5.74, 6) is 4.72. The Kier molecular flexibility index (Phi) is 21.1. The molecule has 3 heterocycles. The van der Waals surface area contributed by atoms with Crippen LogP contribution in [0.4, 0.5) is 0 Å². The predicted molar refractivity (Wildman–Crippen MR) is 549 cm³/mol. The average molecular weight is 1710 g/mol. The van der Waals surface area contributed by atoms with Crippen LogP contribution in [0.15, 0.2) is 485 Å². The Hall–Kier alpha value is -17.5. The van der Waals surface area contributed by atoms with Gasteiger partial charge in [-0.3, -0.25) is 0 Å². The monoisotopic (exact) mass is 1710 g/mol. The van der Waals surface area contributed by atoms with Gasteiger partial charge in [0.25, 0.3) is 0 Å². The van der Waals surface area contributed by atoms with Crippen molar-refractivity contribution in [1.29, 1.82) is 0 Å². The van der Waals surface area contributed by atoms with Crippen LogP contribution in [0.25, 0.3) is 202 Å². The van der Waals surface area contributed by atoms with E-state index in [2.05, 4.69) is 390 Å². The third-order valence-corrected chi connectivity index (χ3v) is 26.4. The van der Waals surface area contributed by atoms with Crippen LogP contribution in [0.5, 0.6) is 0 Å². The SMILES string of the molecule is CC1(C)c2cc(-c3ccccc3)ccc2-c2ccc(-c3nc(-c4ccccc4)nc(-c4ccccc4)n3)cc21.c1ccc(-c2cc(-c3ccccc3)nc(-c3cccc(-c4ccc5c(c4)-c4ccccc4C54c5ccccc5-c5ccccc54)c3)n2)cc1.c1ccc(-c2ccc(-c3cccc(-c4ccc(-c5nc(-c6ccccc6)nc(-c6cccc7ccccc67)n5)cc4)c3)cc2)cc1. The highest BCUT2D eigenvalue weighted by atomic mass is 15.0. The molecule has 0 amide bonds. The van der Waals surface area contributed by atoms with Gasteiger partial charge in [-0.25, -0.2) is 39.9 Å². The van der Waals surface area contributed by atoms with Crippen LogP contribution in [0.3, 0.4) is 0 Å². The smallest absolute Gasteiger partial charge is 0.164 e. The number of aromatic nitrogens is 8. The van der Waals surface area contributed by atoms with E-state index in [-0.39, 0.29) is 10.8 Å².